The maximum absolute atomic E-state index is 14.7. The van der Waals surface area contributed by atoms with Gasteiger partial charge in [-0.3, -0.25) is 0 Å². The van der Waals surface area contributed by atoms with Gasteiger partial charge >= 0.3 is 26.4 Å². The lowest BCUT2D eigenvalue weighted by Gasteiger charge is -2.32. The minimum absolute atomic E-state index is 0.217. The third-order valence-electron chi connectivity index (χ3n) is 8.76. The summed E-state index contributed by atoms with van der Waals surface area (Å²) in [7, 11) is -7.12. The summed E-state index contributed by atoms with van der Waals surface area (Å²) in [4.78, 5) is 12.2. The number of hydrogen-bond acceptors (Lipinski definition) is 8. The molecule has 0 aliphatic carbocycles. The van der Waals surface area contributed by atoms with Gasteiger partial charge in [0.1, 0.15) is 5.60 Å². The van der Waals surface area contributed by atoms with Crippen molar-refractivity contribution in [3.8, 4) is 0 Å². The van der Waals surface area contributed by atoms with Gasteiger partial charge in [-0.15, -0.1) is 0 Å². The number of sulfone groups is 1. The van der Waals surface area contributed by atoms with E-state index in [4.69, 9.17) is 23.4 Å². The summed E-state index contributed by atoms with van der Waals surface area (Å²) >= 11 is 0. The Labute approximate surface area is 264 Å². The number of halogens is 3. The van der Waals surface area contributed by atoms with Gasteiger partial charge in [0.25, 0.3) is 0 Å². The van der Waals surface area contributed by atoms with Crippen molar-refractivity contribution in [2.24, 2.45) is 0 Å². The van der Waals surface area contributed by atoms with Crippen LogP contribution in [0.15, 0.2) is 40.1 Å². The van der Waals surface area contributed by atoms with Crippen LogP contribution in [0.4, 0.5) is 13.2 Å². The Morgan fingerprint density at radius 3 is 1.56 bits per heavy atom. The van der Waals surface area contributed by atoms with Crippen LogP contribution in [0, 0.1) is 6.92 Å². The van der Waals surface area contributed by atoms with E-state index in [1.165, 1.54) is 32.9 Å². The zero-order valence-corrected chi connectivity index (χ0v) is 28.7. The fourth-order valence-corrected chi connectivity index (χ4v) is 6.54. The molecule has 0 radical (unpaired) electrons. The second-order valence-electron chi connectivity index (χ2n) is 14.7. The van der Waals surface area contributed by atoms with Crippen LogP contribution in [0.1, 0.15) is 97.6 Å². The molecule has 0 aromatic heterocycles. The molecule has 246 valence electrons. The molecule has 45 heavy (non-hydrogen) atoms. The van der Waals surface area contributed by atoms with E-state index in [-0.39, 0.29) is 10.4 Å². The van der Waals surface area contributed by atoms with Crippen molar-refractivity contribution < 1.29 is 49.7 Å². The number of rotatable bonds is 5. The van der Waals surface area contributed by atoms with Crippen molar-refractivity contribution in [2.75, 3.05) is 0 Å². The Balaban J connectivity index is 1.98. The van der Waals surface area contributed by atoms with Crippen molar-refractivity contribution in [2.45, 2.75) is 127 Å². The molecule has 0 atom stereocenters. The van der Waals surface area contributed by atoms with Crippen molar-refractivity contribution in [3.05, 3.63) is 47.0 Å². The number of alkyl halides is 3. The summed E-state index contributed by atoms with van der Waals surface area (Å²) in [6.07, 6.45) is -5.14. The zero-order chi connectivity index (χ0) is 34.3. The topological polar surface area (TPSA) is 97.4 Å². The van der Waals surface area contributed by atoms with Crippen LogP contribution in [0.25, 0.3) is 0 Å². The Kier molecular flexibility index (Phi) is 8.54. The lowest BCUT2D eigenvalue weighted by Crippen LogP contribution is -2.41. The summed E-state index contributed by atoms with van der Waals surface area (Å²) in [6.45, 7) is 20.3. The molecule has 2 heterocycles. The molecule has 0 saturated carbocycles. The smallest absolute Gasteiger partial charge is 0.456 e. The average molecular weight is 652 g/mol. The van der Waals surface area contributed by atoms with Gasteiger partial charge in [0, 0.05) is 0 Å². The van der Waals surface area contributed by atoms with Gasteiger partial charge in [0.2, 0.25) is 9.84 Å². The highest BCUT2D eigenvalue weighted by Crippen LogP contribution is 2.41. The number of esters is 1. The van der Waals surface area contributed by atoms with Crippen LogP contribution >= 0.6 is 0 Å². The van der Waals surface area contributed by atoms with Crippen LogP contribution in [0.2, 0.25) is 0 Å². The van der Waals surface area contributed by atoms with E-state index in [2.05, 4.69) is 0 Å². The molecule has 2 saturated heterocycles. The first kappa shape index (κ1) is 35.5. The van der Waals surface area contributed by atoms with Crippen molar-refractivity contribution >= 4 is 41.0 Å². The maximum atomic E-state index is 14.7. The molecule has 4 rings (SSSR count). The second kappa shape index (κ2) is 10.8. The van der Waals surface area contributed by atoms with Crippen LogP contribution in [-0.4, -0.2) is 56.6 Å². The van der Waals surface area contributed by atoms with Crippen LogP contribution in [0.3, 0.4) is 0 Å². The Morgan fingerprint density at radius 1 is 0.733 bits per heavy atom. The molecule has 2 aromatic rings. The highest BCUT2D eigenvalue weighted by Gasteiger charge is 2.54. The molecule has 14 heteroatoms. The molecule has 0 amide bonds. The van der Waals surface area contributed by atoms with E-state index in [1.54, 1.807) is 40.7 Å². The lowest BCUT2D eigenvalue weighted by molar-refractivity contribution is -0.138. The van der Waals surface area contributed by atoms with E-state index < -0.39 is 80.2 Å². The third-order valence-corrected chi connectivity index (χ3v) is 10.5. The third kappa shape index (κ3) is 6.72. The molecule has 2 aromatic carbocycles. The summed E-state index contributed by atoms with van der Waals surface area (Å²) in [5, 5.41) is 0. The van der Waals surface area contributed by atoms with Gasteiger partial charge in [-0.1, -0.05) is 11.6 Å². The Hall–Kier alpha value is -2.38. The highest BCUT2D eigenvalue weighted by molar-refractivity contribution is 7.91. The quantitative estimate of drug-likeness (QED) is 0.313. The van der Waals surface area contributed by atoms with Gasteiger partial charge in [0.15, 0.2) is 0 Å². The maximum Gasteiger partial charge on any atom is 0.494 e. The van der Waals surface area contributed by atoms with Crippen LogP contribution in [0.5, 0.6) is 0 Å². The summed E-state index contributed by atoms with van der Waals surface area (Å²) < 4.78 is 103. The molecule has 2 fully saturated rings. The largest absolute Gasteiger partial charge is 0.494 e. The van der Waals surface area contributed by atoms with E-state index in [0.717, 1.165) is 6.07 Å². The van der Waals surface area contributed by atoms with E-state index >= 15 is 0 Å². The molecule has 0 bridgehead atoms. The summed E-state index contributed by atoms with van der Waals surface area (Å²) in [5.74, 6) is -1.44. The molecule has 0 N–H and O–H groups in total. The normalized spacial score (nSPS) is 20.9. The molecule has 8 nitrogen and oxygen atoms in total. The zero-order valence-electron chi connectivity index (χ0n) is 27.8. The molecular formula is C31H41B2F3O8S. The predicted octanol–water partition coefficient (Wildman–Crippen LogP) is 5.40. The SMILES string of the molecule is Cc1cc(B2OC(C)(C)C(C)(C)O2)cc(S(=O)(=O)c2cc(B3OC(C)(C)C(C)(C)O3)cc(C(F)(F)F)c2C(=O)OC(C)(C)C)c1. The average Bonchev–Trinajstić information content (AvgIpc) is 3.20. The number of carbonyl (C=O) groups excluding carboxylic acids is 1. The monoisotopic (exact) mass is 652 g/mol. The minimum Gasteiger partial charge on any atom is -0.456 e. The molecule has 2 aliphatic rings. The van der Waals surface area contributed by atoms with Gasteiger partial charge in [0.05, 0.1) is 43.3 Å². The number of benzene rings is 2. The number of ether oxygens (including phenoxy) is 1. The van der Waals surface area contributed by atoms with E-state index in [1.807, 2.05) is 27.7 Å². The van der Waals surface area contributed by atoms with Gasteiger partial charge in [-0.25, -0.2) is 13.2 Å². The van der Waals surface area contributed by atoms with Crippen molar-refractivity contribution in [1.29, 1.82) is 0 Å². The van der Waals surface area contributed by atoms with Crippen molar-refractivity contribution in [3.63, 3.8) is 0 Å². The second-order valence-corrected chi connectivity index (χ2v) is 16.6. The first-order valence-corrected chi connectivity index (χ1v) is 16.1. The predicted molar refractivity (Wildman–Crippen MR) is 165 cm³/mol. The number of hydrogen-bond donors (Lipinski definition) is 0. The first-order valence-electron chi connectivity index (χ1n) is 14.6. The summed E-state index contributed by atoms with van der Waals surface area (Å²) in [6, 6.07) is 5.98. The van der Waals surface area contributed by atoms with Crippen molar-refractivity contribution in [1.82, 2.24) is 0 Å². The lowest BCUT2D eigenvalue weighted by atomic mass is 9.77. The molecule has 0 unspecified atom stereocenters. The fraction of sp³-hybridized carbons (Fsp3) is 0.581. The van der Waals surface area contributed by atoms with Gasteiger partial charge in [-0.05, 0) is 118 Å². The van der Waals surface area contributed by atoms with Gasteiger partial charge < -0.3 is 23.4 Å². The summed E-state index contributed by atoms with van der Waals surface area (Å²) in [5.41, 5.74) is -6.56. The molecular weight excluding hydrogens is 611 g/mol. The standard InChI is InChI=1S/C31H41B2F3O8S/c1-18-13-19(32-41-27(5,6)28(7,8)42-32)15-21(14-18)45(38,39)23-17-20(33-43-29(9,10)30(11,12)44-33)16-22(31(34,35)36)24(23)25(37)40-26(2,3)4/h13-17H,1-12H3. The van der Waals surface area contributed by atoms with E-state index in [9.17, 15) is 26.4 Å². The number of carbonyl (C=O) groups is 1. The van der Waals surface area contributed by atoms with E-state index in [0.29, 0.717) is 17.1 Å². The Morgan fingerprint density at radius 2 is 1.16 bits per heavy atom. The molecule has 2 aliphatic heterocycles. The first-order chi connectivity index (χ1) is 20.1. The highest BCUT2D eigenvalue weighted by atomic mass is 32.2. The molecule has 0 spiro atoms. The van der Waals surface area contributed by atoms with Crippen LogP contribution < -0.4 is 10.9 Å². The fourth-order valence-electron chi connectivity index (χ4n) is 4.90. The van der Waals surface area contributed by atoms with Gasteiger partial charge in [-0.2, -0.15) is 13.2 Å². The Bertz CT molecular complexity index is 1590. The number of aryl methyl sites for hydroxylation is 1. The minimum atomic E-state index is -5.14. The van der Waals surface area contributed by atoms with Crippen LogP contribution in [-0.2, 0) is 39.4 Å².